The fourth-order valence-electron chi connectivity index (χ4n) is 5.26. The second-order valence-corrected chi connectivity index (χ2v) is 15.0. The van der Waals surface area contributed by atoms with Crippen LogP contribution < -0.4 is 15.4 Å². The maximum Gasteiger partial charge on any atom is 0.291 e. The van der Waals surface area contributed by atoms with E-state index in [9.17, 15) is 22.8 Å². The van der Waals surface area contributed by atoms with E-state index in [0.717, 1.165) is 19.3 Å². The van der Waals surface area contributed by atoms with Gasteiger partial charge >= 0.3 is 0 Å². The highest BCUT2D eigenvalue weighted by atomic mass is 32.2. The van der Waals surface area contributed by atoms with Crippen LogP contribution in [0.25, 0.3) is 0 Å². The number of para-hydroxylation sites is 1. The molecule has 1 unspecified atom stereocenters. The van der Waals surface area contributed by atoms with Crippen molar-refractivity contribution >= 4 is 38.8 Å². The molecule has 1 aromatic heterocycles. The molecule has 0 aliphatic heterocycles. The van der Waals surface area contributed by atoms with Crippen LogP contribution >= 0.6 is 0 Å². The molecule has 0 saturated carbocycles. The smallest absolute Gasteiger partial charge is 0.291 e. The first-order valence-corrected chi connectivity index (χ1v) is 18.2. The number of ether oxygens (including phenoxy) is 1. The lowest BCUT2D eigenvalue weighted by Crippen LogP contribution is -2.40. The molecule has 2 N–H and O–H groups in total. The third kappa shape index (κ3) is 11.1. The van der Waals surface area contributed by atoms with Gasteiger partial charge in [0.05, 0.1) is 23.4 Å². The normalized spacial score (nSPS) is 12.4. The lowest BCUT2D eigenvalue weighted by Gasteiger charge is -2.26. The Morgan fingerprint density at radius 3 is 2.09 bits per heavy atom. The summed E-state index contributed by atoms with van der Waals surface area (Å²) in [5, 5.41) is 5.45. The van der Waals surface area contributed by atoms with Gasteiger partial charge in [0.1, 0.15) is 5.75 Å². The molecule has 2 amide bonds. The van der Waals surface area contributed by atoms with Crippen LogP contribution in [0, 0.1) is 5.41 Å². The number of imidazole rings is 1. The van der Waals surface area contributed by atoms with Crippen molar-refractivity contribution in [3.05, 3.63) is 66.7 Å². The summed E-state index contributed by atoms with van der Waals surface area (Å²) in [6.45, 7) is 7.24. The zero-order valence-corrected chi connectivity index (χ0v) is 29.2. The van der Waals surface area contributed by atoms with Crippen molar-refractivity contribution in [1.29, 1.82) is 0 Å². The van der Waals surface area contributed by atoms with Crippen molar-refractivity contribution in [1.82, 2.24) is 9.55 Å². The van der Waals surface area contributed by atoms with E-state index >= 15 is 0 Å². The minimum absolute atomic E-state index is 0.0106. The molecule has 0 radical (unpaired) electrons. The molecule has 3 rings (SSSR count). The number of carbonyl (C=O) groups excluding carboxylic acids is 3. The zero-order valence-electron chi connectivity index (χ0n) is 28.4. The van der Waals surface area contributed by atoms with Crippen molar-refractivity contribution in [2.75, 3.05) is 23.5 Å². The number of benzene rings is 2. The SMILES string of the molecule is CCCCCCCCCCCCS(=O)(=O)c1ccc(OC)c(NC(=O)C(C(=O)C(C)(C)C)n2ccnc2C(=O)Nc2ccccc2)c1. The molecule has 1 heterocycles. The highest BCUT2D eigenvalue weighted by molar-refractivity contribution is 7.91. The standard InChI is InChI=1S/C36H50N4O6S/c1-6-7-8-9-10-11-12-13-14-18-25-47(44,45)28-21-22-30(46-5)29(26-28)39-34(42)31(32(41)36(2,3)4)40-24-23-37-33(40)35(43)38-27-19-16-15-17-20-27/h15-17,19-24,26,31H,6-14,18,25H2,1-5H3,(H,38,43)(H,39,42). The average Bonchev–Trinajstić information content (AvgIpc) is 3.51. The number of carbonyl (C=O) groups is 3. The van der Waals surface area contributed by atoms with Gasteiger partial charge in [-0.2, -0.15) is 0 Å². The lowest BCUT2D eigenvalue weighted by atomic mass is 9.86. The minimum Gasteiger partial charge on any atom is -0.495 e. The summed E-state index contributed by atoms with van der Waals surface area (Å²) in [6.07, 6.45) is 13.7. The van der Waals surface area contributed by atoms with Crippen molar-refractivity contribution in [3.63, 3.8) is 0 Å². The quantitative estimate of drug-likeness (QED) is 0.0991. The number of hydrogen-bond acceptors (Lipinski definition) is 7. The van der Waals surface area contributed by atoms with E-state index < -0.39 is 38.9 Å². The Labute approximate surface area is 279 Å². The Balaban J connectivity index is 1.76. The van der Waals surface area contributed by atoms with Crippen molar-refractivity contribution in [2.24, 2.45) is 5.41 Å². The van der Waals surface area contributed by atoms with E-state index in [4.69, 9.17) is 4.74 Å². The summed E-state index contributed by atoms with van der Waals surface area (Å²) in [5.74, 6) is -1.75. The number of rotatable bonds is 19. The van der Waals surface area contributed by atoms with E-state index in [-0.39, 0.29) is 27.9 Å². The molecular formula is C36H50N4O6S. The van der Waals surface area contributed by atoms with Gasteiger partial charge in [0.15, 0.2) is 27.5 Å². The van der Waals surface area contributed by atoms with E-state index in [2.05, 4.69) is 22.5 Å². The summed E-state index contributed by atoms with van der Waals surface area (Å²) in [6, 6.07) is 11.6. The number of nitrogens with zero attached hydrogens (tertiary/aromatic N) is 2. The predicted molar refractivity (Wildman–Crippen MR) is 186 cm³/mol. The average molecular weight is 667 g/mol. The first kappa shape index (κ1) is 37.5. The molecule has 0 fully saturated rings. The number of unbranched alkanes of at least 4 members (excludes halogenated alkanes) is 9. The minimum atomic E-state index is -3.64. The zero-order chi connectivity index (χ0) is 34.5. The number of Topliss-reactive ketones (excluding diaryl/α,β-unsaturated/α-hetero) is 1. The fraction of sp³-hybridized carbons (Fsp3) is 0.500. The second kappa shape index (κ2) is 17.8. The molecule has 0 spiro atoms. The number of aromatic nitrogens is 2. The van der Waals surface area contributed by atoms with Gasteiger partial charge < -0.3 is 19.9 Å². The Morgan fingerprint density at radius 1 is 0.872 bits per heavy atom. The van der Waals surface area contributed by atoms with Crippen LogP contribution in [0.5, 0.6) is 5.75 Å². The van der Waals surface area contributed by atoms with Gasteiger partial charge in [-0.1, -0.05) is 104 Å². The molecule has 0 aliphatic carbocycles. The highest BCUT2D eigenvalue weighted by Crippen LogP contribution is 2.31. The Morgan fingerprint density at radius 2 is 1.49 bits per heavy atom. The van der Waals surface area contributed by atoms with E-state index in [1.807, 2.05) is 6.07 Å². The third-order valence-electron chi connectivity index (χ3n) is 7.97. The summed E-state index contributed by atoms with van der Waals surface area (Å²) >= 11 is 0. The van der Waals surface area contributed by atoms with Crippen molar-refractivity contribution < 1.29 is 27.5 Å². The Hall–Kier alpha value is -3.99. The third-order valence-corrected chi connectivity index (χ3v) is 9.77. The Kier molecular flexibility index (Phi) is 14.2. The first-order valence-electron chi connectivity index (χ1n) is 16.5. The van der Waals surface area contributed by atoms with Crippen LogP contribution in [0.3, 0.4) is 0 Å². The number of methoxy groups -OCH3 is 1. The van der Waals surface area contributed by atoms with Crippen LogP contribution in [0.1, 0.15) is 109 Å². The molecule has 0 saturated heterocycles. The number of nitrogens with one attached hydrogen (secondary N) is 2. The highest BCUT2D eigenvalue weighted by Gasteiger charge is 2.38. The van der Waals surface area contributed by atoms with E-state index in [1.165, 1.54) is 80.8 Å². The molecule has 256 valence electrons. The molecule has 2 aromatic carbocycles. The lowest BCUT2D eigenvalue weighted by molar-refractivity contribution is -0.135. The van der Waals surface area contributed by atoms with Crippen LogP contribution in [-0.4, -0.2) is 48.4 Å². The molecule has 1 atom stereocenters. The van der Waals surface area contributed by atoms with Crippen LogP contribution in [0.4, 0.5) is 11.4 Å². The molecule has 47 heavy (non-hydrogen) atoms. The predicted octanol–water partition coefficient (Wildman–Crippen LogP) is 7.63. The van der Waals surface area contributed by atoms with Gasteiger partial charge in [0.25, 0.3) is 11.8 Å². The van der Waals surface area contributed by atoms with Crippen molar-refractivity contribution in [3.8, 4) is 5.75 Å². The van der Waals surface area contributed by atoms with Crippen LogP contribution in [0.15, 0.2) is 65.8 Å². The first-order chi connectivity index (χ1) is 22.4. The Bertz CT molecular complexity index is 1580. The van der Waals surface area contributed by atoms with Crippen LogP contribution in [0.2, 0.25) is 0 Å². The van der Waals surface area contributed by atoms with Gasteiger partial charge in [-0.05, 0) is 36.8 Å². The summed E-state index contributed by atoms with van der Waals surface area (Å²) < 4.78 is 33.2. The number of hydrogen-bond donors (Lipinski definition) is 2. The monoisotopic (exact) mass is 666 g/mol. The summed E-state index contributed by atoms with van der Waals surface area (Å²) in [7, 11) is -2.24. The largest absolute Gasteiger partial charge is 0.495 e. The van der Waals surface area contributed by atoms with Gasteiger partial charge in [-0.25, -0.2) is 13.4 Å². The second-order valence-electron chi connectivity index (χ2n) is 12.8. The maximum absolute atomic E-state index is 13.9. The molecule has 3 aromatic rings. The number of amides is 2. The summed E-state index contributed by atoms with van der Waals surface area (Å²) in [4.78, 5) is 45.0. The fourth-order valence-corrected chi connectivity index (χ4v) is 6.66. The molecular weight excluding hydrogens is 616 g/mol. The van der Waals surface area contributed by atoms with Crippen LogP contribution in [-0.2, 0) is 19.4 Å². The molecule has 0 bridgehead atoms. The maximum atomic E-state index is 13.9. The van der Waals surface area contributed by atoms with Gasteiger partial charge in [0.2, 0.25) is 0 Å². The van der Waals surface area contributed by atoms with Gasteiger partial charge in [-0.15, -0.1) is 0 Å². The summed E-state index contributed by atoms with van der Waals surface area (Å²) in [5.41, 5.74) is -0.344. The topological polar surface area (TPSA) is 136 Å². The van der Waals surface area contributed by atoms with E-state index in [1.54, 1.807) is 45.0 Å². The van der Waals surface area contributed by atoms with Gasteiger partial charge in [-0.3, -0.25) is 14.4 Å². The molecule has 0 aliphatic rings. The van der Waals surface area contributed by atoms with E-state index in [0.29, 0.717) is 12.1 Å². The number of sulfone groups is 1. The number of ketones is 1. The molecule has 11 heteroatoms. The van der Waals surface area contributed by atoms with Crippen molar-refractivity contribution in [2.45, 2.75) is 103 Å². The number of anilines is 2. The molecule has 10 nitrogen and oxygen atoms in total. The van der Waals surface area contributed by atoms with Gasteiger partial charge in [0, 0.05) is 23.5 Å².